The topological polar surface area (TPSA) is 61.6 Å². The lowest BCUT2D eigenvalue weighted by molar-refractivity contribution is 0.168. The van der Waals surface area contributed by atoms with E-state index in [0.717, 1.165) is 38.3 Å². The molecule has 0 spiro atoms. The summed E-state index contributed by atoms with van der Waals surface area (Å²) in [6, 6.07) is 12.3. The molecule has 1 aromatic heterocycles. The molecule has 2 aromatic rings. The Kier molecular flexibility index (Phi) is 6.66. The number of piperidine rings is 1. The van der Waals surface area contributed by atoms with Crippen molar-refractivity contribution in [3.05, 3.63) is 53.9 Å². The van der Waals surface area contributed by atoms with Gasteiger partial charge in [0.15, 0.2) is 0 Å². The second-order valence-corrected chi connectivity index (χ2v) is 7.08. The third-order valence-corrected chi connectivity index (χ3v) is 4.94. The maximum absolute atomic E-state index is 12.2. The normalized spacial score (nSPS) is 17.8. The van der Waals surface area contributed by atoms with Gasteiger partial charge in [-0.15, -0.1) is 0 Å². The lowest BCUT2D eigenvalue weighted by Crippen LogP contribution is -2.44. The molecule has 1 atom stereocenters. The minimum absolute atomic E-state index is 0.0607. The molecule has 0 aliphatic carbocycles. The highest BCUT2D eigenvalue weighted by atomic mass is 16.5. The van der Waals surface area contributed by atoms with Gasteiger partial charge in [0, 0.05) is 32.7 Å². The highest BCUT2D eigenvalue weighted by molar-refractivity contribution is 5.73. The van der Waals surface area contributed by atoms with E-state index in [1.54, 1.807) is 18.0 Å². The van der Waals surface area contributed by atoms with Gasteiger partial charge in [0.2, 0.25) is 0 Å². The Hall–Kier alpha value is -2.34. The molecule has 1 aliphatic rings. The van der Waals surface area contributed by atoms with Crippen LogP contribution < -0.4 is 5.32 Å². The number of rotatable bonds is 7. The van der Waals surface area contributed by atoms with E-state index >= 15 is 0 Å². The zero-order valence-corrected chi connectivity index (χ0v) is 15.4. The number of benzene rings is 1. The first kappa shape index (κ1) is 18.5. The molecule has 1 aromatic carbocycles. The number of hydrogen-bond acceptors (Lipinski definition) is 4. The number of nitrogens with zero attached hydrogens (tertiary/aromatic N) is 3. The van der Waals surface area contributed by atoms with Crippen LogP contribution in [0.4, 0.5) is 4.79 Å². The van der Waals surface area contributed by atoms with Crippen molar-refractivity contribution < 1.29 is 9.32 Å². The summed E-state index contributed by atoms with van der Waals surface area (Å²) < 4.78 is 4.80. The molecule has 6 nitrogen and oxygen atoms in total. The van der Waals surface area contributed by atoms with Gasteiger partial charge in [-0.1, -0.05) is 35.5 Å². The molecule has 1 unspecified atom stereocenters. The number of carbonyl (C=O) groups is 1. The summed E-state index contributed by atoms with van der Waals surface area (Å²) in [4.78, 5) is 16.4. The lowest BCUT2D eigenvalue weighted by Gasteiger charge is -2.33. The Bertz CT molecular complexity index is 660. The Morgan fingerprint density at radius 2 is 2.19 bits per heavy atom. The first-order valence-corrected chi connectivity index (χ1v) is 9.35. The van der Waals surface area contributed by atoms with Crippen LogP contribution in [0, 0.1) is 5.92 Å². The molecule has 26 heavy (non-hydrogen) atoms. The Morgan fingerprint density at radius 1 is 1.35 bits per heavy atom. The summed E-state index contributed by atoms with van der Waals surface area (Å²) >= 11 is 0. The van der Waals surface area contributed by atoms with Crippen LogP contribution in [-0.4, -0.2) is 54.2 Å². The van der Waals surface area contributed by atoms with Crippen LogP contribution in [0.3, 0.4) is 0 Å². The monoisotopic (exact) mass is 356 g/mol. The second kappa shape index (κ2) is 9.38. The van der Waals surface area contributed by atoms with Crippen molar-refractivity contribution in [1.82, 2.24) is 20.3 Å². The van der Waals surface area contributed by atoms with Crippen LogP contribution in [-0.2, 0) is 13.0 Å². The molecule has 1 fully saturated rings. The van der Waals surface area contributed by atoms with Crippen LogP contribution in [0.25, 0.3) is 0 Å². The molecule has 6 heteroatoms. The molecule has 0 bridgehead atoms. The standard InChI is InChI=1S/C20H28N4O2/c1-23(16-19-10-13-26-22-19)20(25)21-14-18-8-5-11-24(15-18)12-9-17-6-3-2-4-7-17/h2-4,6-7,10,13,18H,5,8-9,11-12,14-16H2,1H3,(H,21,25). The van der Waals surface area contributed by atoms with Gasteiger partial charge in [-0.3, -0.25) is 0 Å². The highest BCUT2D eigenvalue weighted by Crippen LogP contribution is 2.16. The van der Waals surface area contributed by atoms with Crippen LogP contribution in [0.1, 0.15) is 24.1 Å². The second-order valence-electron chi connectivity index (χ2n) is 7.08. The molecule has 2 heterocycles. The highest BCUT2D eigenvalue weighted by Gasteiger charge is 2.21. The Labute approximate surface area is 155 Å². The number of urea groups is 1. The van der Waals surface area contributed by atoms with Crippen molar-refractivity contribution in [2.45, 2.75) is 25.8 Å². The van der Waals surface area contributed by atoms with Gasteiger partial charge in [-0.05, 0) is 37.3 Å². The van der Waals surface area contributed by atoms with Gasteiger partial charge in [-0.25, -0.2) is 4.79 Å². The molecular formula is C20H28N4O2. The van der Waals surface area contributed by atoms with Gasteiger partial charge in [0.1, 0.15) is 12.0 Å². The van der Waals surface area contributed by atoms with E-state index in [4.69, 9.17) is 4.52 Å². The van der Waals surface area contributed by atoms with Crippen LogP contribution in [0.15, 0.2) is 47.2 Å². The number of hydrogen-bond donors (Lipinski definition) is 1. The van der Waals surface area contributed by atoms with Crippen molar-refractivity contribution in [1.29, 1.82) is 0 Å². The Balaban J connectivity index is 1.38. The van der Waals surface area contributed by atoms with Crippen molar-refractivity contribution in [3.8, 4) is 0 Å². The first-order valence-electron chi connectivity index (χ1n) is 9.35. The lowest BCUT2D eigenvalue weighted by atomic mass is 9.97. The van der Waals surface area contributed by atoms with Crippen LogP contribution in [0.5, 0.6) is 0 Å². The molecule has 0 radical (unpaired) electrons. The molecule has 1 saturated heterocycles. The number of amides is 2. The number of carbonyl (C=O) groups excluding carboxylic acids is 1. The zero-order valence-electron chi connectivity index (χ0n) is 15.4. The van der Waals surface area contributed by atoms with E-state index in [2.05, 4.69) is 45.7 Å². The fraction of sp³-hybridized carbons (Fsp3) is 0.500. The first-order chi connectivity index (χ1) is 12.7. The molecule has 3 rings (SSSR count). The summed E-state index contributed by atoms with van der Waals surface area (Å²) in [5.74, 6) is 0.518. The third kappa shape index (κ3) is 5.59. The predicted molar refractivity (Wildman–Crippen MR) is 101 cm³/mol. The smallest absolute Gasteiger partial charge is 0.317 e. The van der Waals surface area contributed by atoms with E-state index in [9.17, 15) is 4.79 Å². The fourth-order valence-corrected chi connectivity index (χ4v) is 3.45. The summed E-state index contributed by atoms with van der Waals surface area (Å²) in [5, 5.41) is 6.90. The predicted octanol–water partition coefficient (Wildman–Crippen LogP) is 2.77. The molecule has 1 N–H and O–H groups in total. The van der Waals surface area contributed by atoms with Crippen molar-refractivity contribution in [3.63, 3.8) is 0 Å². The summed E-state index contributed by atoms with van der Waals surface area (Å²) in [6.45, 7) is 4.48. The van der Waals surface area contributed by atoms with Gasteiger partial charge < -0.3 is 19.6 Å². The van der Waals surface area contributed by atoms with Gasteiger partial charge in [0.05, 0.1) is 6.54 Å². The molecule has 140 valence electrons. The largest absolute Gasteiger partial charge is 0.364 e. The number of nitrogens with one attached hydrogen (secondary N) is 1. The Morgan fingerprint density at radius 3 is 2.96 bits per heavy atom. The zero-order chi connectivity index (χ0) is 18.2. The van der Waals surface area contributed by atoms with E-state index in [0.29, 0.717) is 12.5 Å². The minimum atomic E-state index is -0.0607. The van der Waals surface area contributed by atoms with Gasteiger partial charge in [-0.2, -0.15) is 0 Å². The van der Waals surface area contributed by atoms with Gasteiger partial charge >= 0.3 is 6.03 Å². The SMILES string of the molecule is CN(Cc1ccon1)C(=O)NCC1CCCN(CCc2ccccc2)C1. The average Bonchev–Trinajstić information content (AvgIpc) is 3.18. The van der Waals surface area contributed by atoms with Crippen LogP contribution in [0.2, 0.25) is 0 Å². The third-order valence-electron chi connectivity index (χ3n) is 4.94. The molecular weight excluding hydrogens is 328 g/mol. The molecule has 0 saturated carbocycles. The van der Waals surface area contributed by atoms with E-state index in [1.165, 1.54) is 24.7 Å². The van der Waals surface area contributed by atoms with E-state index in [1.807, 2.05) is 0 Å². The summed E-state index contributed by atoms with van der Waals surface area (Å²) in [6.07, 6.45) is 4.98. The fourth-order valence-electron chi connectivity index (χ4n) is 3.45. The molecule has 1 aliphatic heterocycles. The van der Waals surface area contributed by atoms with Crippen LogP contribution >= 0.6 is 0 Å². The average molecular weight is 356 g/mol. The van der Waals surface area contributed by atoms with E-state index < -0.39 is 0 Å². The van der Waals surface area contributed by atoms with Crippen molar-refractivity contribution in [2.24, 2.45) is 5.92 Å². The van der Waals surface area contributed by atoms with Crippen molar-refractivity contribution >= 4 is 6.03 Å². The summed E-state index contributed by atoms with van der Waals surface area (Å²) in [5.41, 5.74) is 2.14. The number of likely N-dealkylation sites (tertiary alicyclic amines) is 1. The van der Waals surface area contributed by atoms with Gasteiger partial charge in [0.25, 0.3) is 0 Å². The quantitative estimate of drug-likeness (QED) is 0.829. The summed E-state index contributed by atoms with van der Waals surface area (Å²) in [7, 11) is 1.77. The maximum Gasteiger partial charge on any atom is 0.317 e. The minimum Gasteiger partial charge on any atom is -0.364 e. The van der Waals surface area contributed by atoms with Crippen molar-refractivity contribution in [2.75, 3.05) is 33.2 Å². The van der Waals surface area contributed by atoms with E-state index in [-0.39, 0.29) is 6.03 Å². The molecule has 2 amide bonds. The maximum atomic E-state index is 12.2. The number of aromatic nitrogens is 1.